The van der Waals surface area contributed by atoms with E-state index in [4.69, 9.17) is 19.9 Å². The first kappa shape index (κ1) is 26.9. The van der Waals surface area contributed by atoms with Gasteiger partial charge in [-0.25, -0.2) is 28.5 Å². The fourth-order valence-corrected chi connectivity index (χ4v) is 3.99. The summed E-state index contributed by atoms with van der Waals surface area (Å²) in [5.41, 5.74) is 2.07. The molecule has 3 aromatic rings. The number of pyridine rings is 1. The van der Waals surface area contributed by atoms with Crippen LogP contribution in [-0.4, -0.2) is 69.3 Å². The summed E-state index contributed by atoms with van der Waals surface area (Å²) < 4.78 is 59.6. The minimum atomic E-state index is -5.08. The molecule has 198 valence electrons. The van der Waals surface area contributed by atoms with E-state index in [1.807, 2.05) is 6.07 Å². The number of benzene rings is 1. The lowest BCUT2D eigenvalue weighted by Gasteiger charge is -2.36. The van der Waals surface area contributed by atoms with Crippen molar-refractivity contribution < 1.29 is 31.9 Å². The molecule has 37 heavy (non-hydrogen) atoms. The third kappa shape index (κ3) is 7.22. The average molecular weight is 589 g/mol. The Bertz CT molecular complexity index is 1280. The van der Waals surface area contributed by atoms with Crippen LogP contribution in [0.15, 0.2) is 35.1 Å². The van der Waals surface area contributed by atoms with Gasteiger partial charge in [-0.3, -0.25) is 4.90 Å². The first-order chi connectivity index (χ1) is 17.5. The maximum absolute atomic E-state index is 14.0. The number of piperazine rings is 1. The van der Waals surface area contributed by atoms with Crippen molar-refractivity contribution in [1.29, 1.82) is 0 Å². The van der Waals surface area contributed by atoms with Gasteiger partial charge in [0.2, 0.25) is 0 Å². The van der Waals surface area contributed by atoms with Crippen molar-refractivity contribution in [3.05, 3.63) is 52.3 Å². The van der Waals surface area contributed by atoms with Gasteiger partial charge in [0.15, 0.2) is 11.6 Å². The van der Waals surface area contributed by atoms with Crippen molar-refractivity contribution in [2.75, 3.05) is 36.4 Å². The molecule has 8 nitrogen and oxygen atoms in total. The van der Waals surface area contributed by atoms with E-state index < -0.39 is 23.8 Å². The Morgan fingerprint density at radius 1 is 1.08 bits per heavy atom. The Balaban J connectivity index is 0.000000405. The van der Waals surface area contributed by atoms with E-state index in [9.17, 15) is 22.0 Å². The second-order valence-electron chi connectivity index (χ2n) is 8.61. The zero-order chi connectivity index (χ0) is 26.7. The fraction of sp³-hybridized carbons (Fsp3) is 0.391. The van der Waals surface area contributed by atoms with Crippen LogP contribution in [0.5, 0.6) is 0 Å². The molecular formula is C23H22BrF5N6O2. The van der Waals surface area contributed by atoms with Gasteiger partial charge in [-0.2, -0.15) is 13.2 Å². The molecule has 2 aromatic heterocycles. The molecule has 2 fully saturated rings. The highest BCUT2D eigenvalue weighted by Crippen LogP contribution is 2.31. The van der Waals surface area contributed by atoms with Crippen LogP contribution in [0.4, 0.5) is 33.6 Å². The van der Waals surface area contributed by atoms with Crippen LogP contribution in [-0.2, 0) is 11.3 Å². The first-order valence-corrected chi connectivity index (χ1v) is 12.1. The number of carboxylic acids is 1. The molecule has 0 radical (unpaired) electrons. The zero-order valence-electron chi connectivity index (χ0n) is 19.3. The van der Waals surface area contributed by atoms with Crippen LogP contribution in [0.3, 0.4) is 0 Å². The van der Waals surface area contributed by atoms with E-state index in [2.05, 4.69) is 36.0 Å². The second-order valence-corrected chi connectivity index (χ2v) is 9.42. The molecule has 1 aliphatic heterocycles. The van der Waals surface area contributed by atoms with Gasteiger partial charge in [0.1, 0.15) is 21.8 Å². The van der Waals surface area contributed by atoms with Gasteiger partial charge in [-0.05, 0) is 40.9 Å². The van der Waals surface area contributed by atoms with E-state index in [1.165, 1.54) is 12.1 Å². The number of halogens is 6. The lowest BCUT2D eigenvalue weighted by molar-refractivity contribution is -0.192. The molecule has 0 spiro atoms. The highest BCUT2D eigenvalue weighted by molar-refractivity contribution is 9.10. The van der Waals surface area contributed by atoms with Crippen LogP contribution in [0.25, 0.3) is 11.0 Å². The Morgan fingerprint density at radius 2 is 1.76 bits per heavy atom. The van der Waals surface area contributed by atoms with Gasteiger partial charge in [0.25, 0.3) is 0 Å². The van der Waals surface area contributed by atoms with E-state index in [1.54, 1.807) is 6.20 Å². The quantitative estimate of drug-likeness (QED) is 0.330. The number of rotatable bonds is 5. The van der Waals surface area contributed by atoms with Crippen molar-refractivity contribution in [3.63, 3.8) is 0 Å². The largest absolute Gasteiger partial charge is 0.490 e. The summed E-state index contributed by atoms with van der Waals surface area (Å²) in [4.78, 5) is 27.2. The highest BCUT2D eigenvalue weighted by Gasteiger charge is 2.38. The third-order valence-electron chi connectivity index (χ3n) is 5.74. The number of carbonyl (C=O) groups is 1. The van der Waals surface area contributed by atoms with E-state index in [0.717, 1.165) is 72.4 Å². The van der Waals surface area contributed by atoms with Crippen molar-refractivity contribution >= 4 is 44.6 Å². The summed E-state index contributed by atoms with van der Waals surface area (Å²) in [5, 5.41) is 10.6. The number of fused-ring (bicyclic) bond motifs is 1. The zero-order valence-corrected chi connectivity index (χ0v) is 20.9. The van der Waals surface area contributed by atoms with Crippen LogP contribution in [0.2, 0.25) is 0 Å². The minimum Gasteiger partial charge on any atom is -0.475 e. The number of carboxylic acid groups (broad SMARTS) is 1. The number of anilines is 2. The Labute approximate surface area is 216 Å². The summed E-state index contributed by atoms with van der Waals surface area (Å²) in [6.07, 6.45) is -1.06. The number of alkyl halides is 3. The lowest BCUT2D eigenvalue weighted by atomic mass is 10.1. The second kappa shape index (κ2) is 11.1. The van der Waals surface area contributed by atoms with Gasteiger partial charge < -0.3 is 15.3 Å². The molecule has 5 rings (SSSR count). The summed E-state index contributed by atoms with van der Waals surface area (Å²) >= 11 is 3.40. The number of hydrogen-bond acceptors (Lipinski definition) is 7. The molecule has 0 amide bonds. The predicted octanol–water partition coefficient (Wildman–Crippen LogP) is 4.60. The first-order valence-electron chi connectivity index (χ1n) is 11.3. The predicted molar refractivity (Wildman–Crippen MR) is 129 cm³/mol. The average Bonchev–Trinajstić information content (AvgIpc) is 3.65. The van der Waals surface area contributed by atoms with Crippen LogP contribution in [0.1, 0.15) is 18.4 Å². The molecule has 0 bridgehead atoms. The topological polar surface area (TPSA) is 94.5 Å². The standard InChI is InChI=1S/C21H21BrF2N6.C2HF3O2/c22-19-10-17-18(11-25-19)28-21(20(27-17)26-15-3-4-15)30-7-5-29(6-8-30)12-13-1-2-14(23)9-16(13)24;3-2(4,5)1(6)7/h1-2,9-11,15H,3-8,12H2,(H,26,27);(H,6,7). The van der Waals surface area contributed by atoms with Crippen molar-refractivity contribution in [1.82, 2.24) is 19.9 Å². The van der Waals surface area contributed by atoms with Crippen molar-refractivity contribution in [2.24, 2.45) is 0 Å². The smallest absolute Gasteiger partial charge is 0.475 e. The number of nitrogens with zero attached hydrogens (tertiary/aromatic N) is 5. The molecule has 2 aliphatic rings. The molecule has 2 N–H and O–H groups in total. The summed E-state index contributed by atoms with van der Waals surface area (Å²) in [7, 11) is 0. The maximum atomic E-state index is 14.0. The van der Waals surface area contributed by atoms with Gasteiger partial charge in [-0.15, -0.1) is 0 Å². The fourth-order valence-electron chi connectivity index (χ4n) is 3.67. The number of nitrogens with one attached hydrogen (secondary N) is 1. The SMILES string of the molecule is Fc1ccc(CN2CCN(c3nc4cnc(Br)cc4nc3NC3CC3)CC2)c(F)c1.O=C(O)C(F)(F)F. The van der Waals surface area contributed by atoms with Gasteiger partial charge in [-0.1, -0.05) is 6.07 Å². The normalized spacial score (nSPS) is 16.3. The Morgan fingerprint density at radius 3 is 2.35 bits per heavy atom. The summed E-state index contributed by atoms with van der Waals surface area (Å²) in [5.74, 6) is -2.15. The van der Waals surface area contributed by atoms with Crippen LogP contribution < -0.4 is 10.2 Å². The highest BCUT2D eigenvalue weighted by atomic mass is 79.9. The van der Waals surface area contributed by atoms with Crippen molar-refractivity contribution in [3.8, 4) is 0 Å². The lowest BCUT2D eigenvalue weighted by Crippen LogP contribution is -2.46. The number of hydrogen-bond donors (Lipinski definition) is 2. The Kier molecular flexibility index (Phi) is 8.07. The van der Waals surface area contributed by atoms with E-state index in [-0.39, 0.29) is 0 Å². The summed E-state index contributed by atoms with van der Waals surface area (Å²) in [6.45, 7) is 3.50. The molecule has 1 aliphatic carbocycles. The molecule has 0 atom stereocenters. The minimum absolute atomic E-state index is 0.462. The molecule has 3 heterocycles. The van der Waals surface area contributed by atoms with Gasteiger partial charge in [0.05, 0.1) is 11.7 Å². The third-order valence-corrected chi connectivity index (χ3v) is 6.17. The van der Waals surface area contributed by atoms with Crippen LogP contribution >= 0.6 is 15.9 Å². The Hall–Kier alpha value is -3.13. The van der Waals surface area contributed by atoms with Crippen LogP contribution in [0, 0.1) is 11.6 Å². The van der Waals surface area contributed by atoms with Gasteiger partial charge in [0, 0.05) is 50.4 Å². The maximum Gasteiger partial charge on any atom is 0.490 e. The number of aromatic nitrogens is 3. The van der Waals surface area contributed by atoms with E-state index in [0.29, 0.717) is 18.2 Å². The summed E-state index contributed by atoms with van der Waals surface area (Å²) in [6, 6.07) is 6.11. The molecule has 1 aromatic carbocycles. The van der Waals surface area contributed by atoms with E-state index >= 15 is 0 Å². The molecular weight excluding hydrogens is 567 g/mol. The molecule has 0 unspecified atom stereocenters. The number of aliphatic carboxylic acids is 1. The van der Waals surface area contributed by atoms with Crippen molar-refractivity contribution in [2.45, 2.75) is 31.6 Å². The molecule has 1 saturated carbocycles. The molecule has 1 saturated heterocycles. The molecule has 14 heteroatoms. The monoisotopic (exact) mass is 588 g/mol. The van der Waals surface area contributed by atoms with Gasteiger partial charge >= 0.3 is 12.1 Å².